The van der Waals surface area contributed by atoms with Crippen molar-refractivity contribution in [2.24, 2.45) is 5.41 Å². The minimum absolute atomic E-state index is 0.0975. The molecule has 1 aliphatic carbocycles. The van der Waals surface area contributed by atoms with Crippen LogP contribution in [0.4, 0.5) is 0 Å². The molecule has 0 aliphatic heterocycles. The molecule has 1 saturated carbocycles. The summed E-state index contributed by atoms with van der Waals surface area (Å²) in [4.78, 5) is 23.0. The number of aliphatic carboxylic acids is 1. The smallest absolute Gasteiger partial charge is 0.311 e. The molecular formula is C15H19NO4. The Balaban J connectivity index is 1.78. The summed E-state index contributed by atoms with van der Waals surface area (Å²) >= 11 is 0. The van der Waals surface area contributed by atoms with Crippen molar-refractivity contribution in [1.29, 1.82) is 0 Å². The maximum atomic E-state index is 11.7. The second kappa shape index (κ2) is 6.41. The zero-order valence-corrected chi connectivity index (χ0v) is 11.3. The van der Waals surface area contributed by atoms with Crippen LogP contribution >= 0.6 is 0 Å². The highest BCUT2D eigenvalue weighted by molar-refractivity contribution is 5.80. The lowest BCUT2D eigenvalue weighted by Gasteiger charge is -2.23. The molecule has 5 heteroatoms. The monoisotopic (exact) mass is 277 g/mol. The van der Waals surface area contributed by atoms with Crippen LogP contribution in [-0.4, -0.2) is 30.1 Å². The predicted octanol–water partition coefficient (Wildman–Crippen LogP) is 1.83. The number of amides is 1. The summed E-state index contributed by atoms with van der Waals surface area (Å²) in [6.07, 6.45) is 3.07. The fourth-order valence-electron chi connectivity index (χ4n) is 2.50. The third-order valence-electron chi connectivity index (χ3n) is 3.75. The molecule has 0 atom stereocenters. The molecule has 2 N–H and O–H groups in total. The Morgan fingerprint density at radius 1 is 1.20 bits per heavy atom. The fraction of sp³-hybridized carbons (Fsp3) is 0.467. The van der Waals surface area contributed by atoms with Crippen molar-refractivity contribution in [2.45, 2.75) is 25.7 Å². The molecule has 1 aliphatic rings. The topological polar surface area (TPSA) is 75.6 Å². The Morgan fingerprint density at radius 2 is 1.85 bits per heavy atom. The van der Waals surface area contributed by atoms with Crippen LogP contribution in [0.1, 0.15) is 25.7 Å². The first-order valence-corrected chi connectivity index (χ1v) is 6.80. The van der Waals surface area contributed by atoms with Crippen LogP contribution in [0, 0.1) is 5.41 Å². The molecule has 108 valence electrons. The Kier molecular flexibility index (Phi) is 4.61. The zero-order valence-electron chi connectivity index (χ0n) is 11.3. The molecule has 0 radical (unpaired) electrons. The van der Waals surface area contributed by atoms with Crippen molar-refractivity contribution in [3.63, 3.8) is 0 Å². The van der Waals surface area contributed by atoms with Gasteiger partial charge in [0.1, 0.15) is 5.75 Å². The summed E-state index contributed by atoms with van der Waals surface area (Å²) < 4.78 is 5.32. The van der Waals surface area contributed by atoms with E-state index in [4.69, 9.17) is 4.74 Å². The number of rotatable bonds is 6. The Bertz CT molecular complexity index is 466. The normalized spacial score (nSPS) is 16.6. The Hall–Kier alpha value is -2.04. The molecule has 20 heavy (non-hydrogen) atoms. The van der Waals surface area contributed by atoms with Gasteiger partial charge < -0.3 is 15.2 Å². The minimum Gasteiger partial charge on any atom is -0.484 e. The van der Waals surface area contributed by atoms with Crippen molar-refractivity contribution in [3.8, 4) is 5.75 Å². The maximum Gasteiger partial charge on any atom is 0.311 e. The van der Waals surface area contributed by atoms with E-state index in [9.17, 15) is 14.7 Å². The quantitative estimate of drug-likeness (QED) is 0.831. The average molecular weight is 277 g/mol. The first-order valence-electron chi connectivity index (χ1n) is 6.80. The van der Waals surface area contributed by atoms with Crippen molar-refractivity contribution in [3.05, 3.63) is 30.3 Å². The van der Waals surface area contributed by atoms with E-state index in [0.717, 1.165) is 12.8 Å². The third kappa shape index (κ3) is 3.50. The summed E-state index contributed by atoms with van der Waals surface area (Å²) in [6.45, 7) is 0.0824. The van der Waals surface area contributed by atoms with E-state index in [0.29, 0.717) is 18.6 Å². The lowest BCUT2D eigenvalue weighted by Crippen LogP contribution is -2.42. The molecule has 0 saturated heterocycles. The van der Waals surface area contributed by atoms with Crippen LogP contribution in [0.2, 0.25) is 0 Å². The van der Waals surface area contributed by atoms with Crippen LogP contribution in [0.3, 0.4) is 0 Å². The molecule has 0 spiro atoms. The first kappa shape index (κ1) is 14.4. The van der Waals surface area contributed by atoms with Gasteiger partial charge >= 0.3 is 5.97 Å². The summed E-state index contributed by atoms with van der Waals surface area (Å²) in [5, 5.41) is 12.0. The zero-order chi connectivity index (χ0) is 14.4. The SMILES string of the molecule is O=C(COc1ccccc1)NCC1(C(=O)O)CCCC1. The van der Waals surface area contributed by atoms with Gasteiger partial charge in [0, 0.05) is 6.54 Å². The molecule has 0 bridgehead atoms. The molecule has 0 heterocycles. The molecule has 1 aromatic rings. The number of benzene rings is 1. The number of carboxylic acids is 1. The van der Waals surface area contributed by atoms with Gasteiger partial charge in [0.05, 0.1) is 5.41 Å². The van der Waals surface area contributed by atoms with Crippen LogP contribution in [0.15, 0.2) is 30.3 Å². The predicted molar refractivity (Wildman–Crippen MR) is 73.5 cm³/mol. The van der Waals surface area contributed by atoms with E-state index in [2.05, 4.69) is 5.32 Å². The van der Waals surface area contributed by atoms with Gasteiger partial charge in [-0.1, -0.05) is 31.0 Å². The van der Waals surface area contributed by atoms with E-state index in [1.807, 2.05) is 18.2 Å². The third-order valence-corrected chi connectivity index (χ3v) is 3.75. The number of hydrogen-bond acceptors (Lipinski definition) is 3. The number of para-hydroxylation sites is 1. The fourth-order valence-corrected chi connectivity index (χ4v) is 2.50. The van der Waals surface area contributed by atoms with E-state index in [1.165, 1.54) is 0 Å². The number of carbonyl (C=O) groups excluding carboxylic acids is 1. The van der Waals surface area contributed by atoms with Gasteiger partial charge in [-0.15, -0.1) is 0 Å². The maximum absolute atomic E-state index is 11.7. The number of nitrogens with one attached hydrogen (secondary N) is 1. The highest BCUT2D eigenvalue weighted by atomic mass is 16.5. The van der Waals surface area contributed by atoms with Crippen LogP contribution in [-0.2, 0) is 9.59 Å². The highest BCUT2D eigenvalue weighted by Crippen LogP contribution is 2.37. The molecule has 1 fully saturated rings. The minimum atomic E-state index is -0.820. The van der Waals surface area contributed by atoms with E-state index >= 15 is 0 Å². The van der Waals surface area contributed by atoms with Crippen LogP contribution in [0.5, 0.6) is 5.75 Å². The lowest BCUT2D eigenvalue weighted by molar-refractivity contribution is -0.148. The average Bonchev–Trinajstić information content (AvgIpc) is 2.94. The molecule has 1 aromatic carbocycles. The van der Waals surface area contributed by atoms with E-state index in [-0.39, 0.29) is 19.1 Å². The van der Waals surface area contributed by atoms with E-state index in [1.54, 1.807) is 12.1 Å². The largest absolute Gasteiger partial charge is 0.484 e. The summed E-state index contributed by atoms with van der Waals surface area (Å²) in [5.74, 6) is -0.489. The molecule has 0 aromatic heterocycles. The van der Waals surface area contributed by atoms with Gasteiger partial charge in [-0.25, -0.2) is 0 Å². The van der Waals surface area contributed by atoms with Crippen molar-refractivity contribution < 1.29 is 19.4 Å². The summed E-state index contributed by atoms with van der Waals surface area (Å²) in [7, 11) is 0. The summed E-state index contributed by atoms with van der Waals surface area (Å²) in [5.41, 5.74) is -0.789. The second-order valence-corrected chi connectivity index (χ2v) is 5.17. The Morgan fingerprint density at radius 3 is 2.45 bits per heavy atom. The molecule has 5 nitrogen and oxygen atoms in total. The standard InChI is InChI=1S/C15H19NO4/c17-13(10-20-12-6-2-1-3-7-12)16-11-15(14(18)19)8-4-5-9-15/h1-3,6-7H,4-5,8-11H2,(H,16,17)(H,18,19). The van der Waals surface area contributed by atoms with Gasteiger partial charge in [-0.05, 0) is 25.0 Å². The Labute approximate surface area is 117 Å². The van der Waals surface area contributed by atoms with E-state index < -0.39 is 11.4 Å². The highest BCUT2D eigenvalue weighted by Gasteiger charge is 2.41. The van der Waals surface area contributed by atoms with Crippen LogP contribution < -0.4 is 10.1 Å². The van der Waals surface area contributed by atoms with Crippen LogP contribution in [0.25, 0.3) is 0 Å². The number of ether oxygens (including phenoxy) is 1. The molecular weight excluding hydrogens is 258 g/mol. The number of hydrogen-bond donors (Lipinski definition) is 2. The first-order chi connectivity index (χ1) is 9.62. The lowest BCUT2D eigenvalue weighted by atomic mass is 9.86. The van der Waals surface area contributed by atoms with Crippen molar-refractivity contribution >= 4 is 11.9 Å². The van der Waals surface area contributed by atoms with Crippen molar-refractivity contribution in [1.82, 2.24) is 5.32 Å². The van der Waals surface area contributed by atoms with Gasteiger partial charge in [-0.3, -0.25) is 9.59 Å². The van der Waals surface area contributed by atoms with Gasteiger partial charge in [0.2, 0.25) is 0 Å². The van der Waals surface area contributed by atoms with Crippen molar-refractivity contribution in [2.75, 3.05) is 13.2 Å². The summed E-state index contributed by atoms with van der Waals surface area (Å²) in [6, 6.07) is 9.05. The molecule has 0 unspecified atom stereocenters. The van der Waals surface area contributed by atoms with Gasteiger partial charge in [-0.2, -0.15) is 0 Å². The van der Waals surface area contributed by atoms with Gasteiger partial charge in [0.25, 0.3) is 5.91 Å². The van der Waals surface area contributed by atoms with Gasteiger partial charge in [0.15, 0.2) is 6.61 Å². The molecule has 1 amide bonds. The molecule has 2 rings (SSSR count). The second-order valence-electron chi connectivity index (χ2n) is 5.17. The number of carbonyl (C=O) groups is 2. The number of carboxylic acid groups (broad SMARTS) is 1.